The van der Waals surface area contributed by atoms with E-state index in [1.807, 2.05) is 0 Å². The molecule has 0 unspecified atom stereocenters. The average molecular weight is 275 g/mol. The standard InChI is InChI=1S/C11H21N3O5/c1-12-11(17)13-9(15)8-14(6-7-18-2)5-4-10(16)19-3/h4-8H2,1-3H3,(H2,12,13,15,17). The molecular weight excluding hydrogens is 254 g/mol. The molecular formula is C11H21N3O5. The van der Waals surface area contributed by atoms with Crippen molar-refractivity contribution in [2.75, 3.05) is 47.5 Å². The number of amides is 3. The molecule has 0 aliphatic rings. The highest BCUT2D eigenvalue weighted by atomic mass is 16.5. The smallest absolute Gasteiger partial charge is 0.321 e. The Labute approximate surface area is 112 Å². The van der Waals surface area contributed by atoms with E-state index < -0.39 is 11.9 Å². The Bertz CT molecular complexity index is 309. The summed E-state index contributed by atoms with van der Waals surface area (Å²) in [7, 11) is 4.27. The van der Waals surface area contributed by atoms with Crippen molar-refractivity contribution >= 4 is 17.9 Å². The summed E-state index contributed by atoms with van der Waals surface area (Å²) in [6.45, 7) is 1.27. The molecule has 8 heteroatoms. The maximum Gasteiger partial charge on any atom is 0.321 e. The number of ether oxygens (including phenoxy) is 2. The second-order valence-corrected chi connectivity index (χ2v) is 3.72. The van der Waals surface area contributed by atoms with Gasteiger partial charge in [0.15, 0.2) is 0 Å². The maximum absolute atomic E-state index is 11.5. The Morgan fingerprint density at radius 1 is 1.16 bits per heavy atom. The molecule has 2 N–H and O–H groups in total. The topological polar surface area (TPSA) is 97.0 Å². The third-order valence-corrected chi connectivity index (χ3v) is 2.32. The van der Waals surface area contributed by atoms with Gasteiger partial charge >= 0.3 is 12.0 Å². The van der Waals surface area contributed by atoms with Crippen molar-refractivity contribution in [1.29, 1.82) is 0 Å². The van der Waals surface area contributed by atoms with E-state index in [2.05, 4.69) is 15.4 Å². The minimum Gasteiger partial charge on any atom is -0.469 e. The summed E-state index contributed by atoms with van der Waals surface area (Å²) >= 11 is 0. The number of hydrogen-bond donors (Lipinski definition) is 2. The maximum atomic E-state index is 11.5. The molecule has 0 radical (unpaired) electrons. The van der Waals surface area contributed by atoms with Gasteiger partial charge in [-0.25, -0.2) is 4.79 Å². The zero-order chi connectivity index (χ0) is 14.7. The summed E-state index contributed by atoms with van der Waals surface area (Å²) in [6.07, 6.45) is 0.174. The van der Waals surface area contributed by atoms with Crippen LogP contribution in [0.15, 0.2) is 0 Å². The molecule has 3 amide bonds. The van der Waals surface area contributed by atoms with Gasteiger partial charge in [0.25, 0.3) is 0 Å². The van der Waals surface area contributed by atoms with Crippen LogP contribution in [0.3, 0.4) is 0 Å². The van der Waals surface area contributed by atoms with Crippen molar-refractivity contribution < 1.29 is 23.9 Å². The fourth-order valence-corrected chi connectivity index (χ4v) is 1.27. The zero-order valence-corrected chi connectivity index (χ0v) is 11.5. The number of imide groups is 1. The van der Waals surface area contributed by atoms with Crippen LogP contribution in [0.4, 0.5) is 4.79 Å². The van der Waals surface area contributed by atoms with Crippen LogP contribution in [0.5, 0.6) is 0 Å². The lowest BCUT2D eigenvalue weighted by Crippen LogP contribution is -2.44. The van der Waals surface area contributed by atoms with Gasteiger partial charge in [0.05, 0.1) is 26.7 Å². The van der Waals surface area contributed by atoms with Gasteiger partial charge in [0.1, 0.15) is 0 Å². The SMILES string of the molecule is CNC(=O)NC(=O)CN(CCOC)CCC(=O)OC. The van der Waals surface area contributed by atoms with Gasteiger partial charge in [-0.15, -0.1) is 0 Å². The van der Waals surface area contributed by atoms with Gasteiger partial charge in [-0.3, -0.25) is 19.8 Å². The minimum absolute atomic E-state index is 0.00771. The molecule has 8 nitrogen and oxygen atoms in total. The molecule has 0 aliphatic carbocycles. The van der Waals surface area contributed by atoms with Gasteiger partial charge < -0.3 is 14.8 Å². The number of rotatable bonds is 8. The largest absolute Gasteiger partial charge is 0.469 e. The molecule has 0 fully saturated rings. The van der Waals surface area contributed by atoms with Gasteiger partial charge in [-0.05, 0) is 0 Å². The van der Waals surface area contributed by atoms with E-state index in [4.69, 9.17) is 4.74 Å². The summed E-state index contributed by atoms with van der Waals surface area (Å²) < 4.78 is 9.45. The predicted octanol–water partition coefficient (Wildman–Crippen LogP) is -1.05. The number of nitrogens with zero attached hydrogens (tertiary/aromatic N) is 1. The molecule has 110 valence electrons. The molecule has 19 heavy (non-hydrogen) atoms. The highest BCUT2D eigenvalue weighted by Crippen LogP contribution is 1.94. The molecule has 0 atom stereocenters. The second-order valence-electron chi connectivity index (χ2n) is 3.72. The fourth-order valence-electron chi connectivity index (χ4n) is 1.27. The summed E-state index contributed by atoms with van der Waals surface area (Å²) in [5.41, 5.74) is 0. The molecule has 0 aliphatic heterocycles. The quantitative estimate of drug-likeness (QED) is 0.549. The molecule has 0 bridgehead atoms. The lowest BCUT2D eigenvalue weighted by atomic mass is 10.3. The number of urea groups is 1. The van der Waals surface area contributed by atoms with Crippen molar-refractivity contribution in [1.82, 2.24) is 15.5 Å². The first-order valence-corrected chi connectivity index (χ1v) is 5.83. The Kier molecular flexibility index (Phi) is 9.37. The van der Waals surface area contributed by atoms with Gasteiger partial charge in [0, 0.05) is 27.2 Å². The van der Waals surface area contributed by atoms with E-state index >= 15 is 0 Å². The summed E-state index contributed by atoms with van der Waals surface area (Å²) in [6, 6.07) is -0.565. The van der Waals surface area contributed by atoms with Crippen molar-refractivity contribution in [2.24, 2.45) is 0 Å². The molecule has 0 rings (SSSR count). The van der Waals surface area contributed by atoms with Crippen LogP contribution < -0.4 is 10.6 Å². The van der Waals surface area contributed by atoms with Crippen LogP contribution in [0, 0.1) is 0 Å². The number of esters is 1. The second kappa shape index (κ2) is 10.3. The molecule has 0 saturated heterocycles. The van der Waals surface area contributed by atoms with Crippen molar-refractivity contribution in [3.63, 3.8) is 0 Å². The molecule has 0 spiro atoms. The van der Waals surface area contributed by atoms with E-state index in [1.54, 1.807) is 12.0 Å². The summed E-state index contributed by atoms with van der Waals surface area (Å²) in [5, 5.41) is 4.43. The van der Waals surface area contributed by atoms with E-state index in [9.17, 15) is 14.4 Å². The zero-order valence-electron chi connectivity index (χ0n) is 11.5. The lowest BCUT2D eigenvalue weighted by molar-refractivity contribution is -0.141. The minimum atomic E-state index is -0.565. The van der Waals surface area contributed by atoms with Crippen LogP contribution in [-0.2, 0) is 19.1 Å². The monoisotopic (exact) mass is 275 g/mol. The number of methoxy groups -OCH3 is 2. The summed E-state index contributed by atoms with van der Waals surface area (Å²) in [5.74, 6) is -0.797. The lowest BCUT2D eigenvalue weighted by Gasteiger charge is -2.20. The van der Waals surface area contributed by atoms with Crippen LogP contribution in [0.25, 0.3) is 0 Å². The first-order valence-electron chi connectivity index (χ1n) is 5.83. The molecule has 0 aromatic rings. The predicted molar refractivity (Wildman–Crippen MR) is 67.5 cm³/mol. The molecule has 0 heterocycles. The van der Waals surface area contributed by atoms with Crippen molar-refractivity contribution in [3.05, 3.63) is 0 Å². The van der Waals surface area contributed by atoms with Crippen molar-refractivity contribution in [3.8, 4) is 0 Å². The Hall–Kier alpha value is -1.67. The van der Waals surface area contributed by atoms with E-state index in [-0.39, 0.29) is 18.9 Å². The van der Waals surface area contributed by atoms with E-state index in [0.717, 1.165) is 0 Å². The van der Waals surface area contributed by atoms with Crippen LogP contribution in [0.1, 0.15) is 6.42 Å². The molecule has 0 saturated carbocycles. The number of hydrogen-bond acceptors (Lipinski definition) is 6. The number of nitrogens with one attached hydrogen (secondary N) is 2. The average Bonchev–Trinajstić information content (AvgIpc) is 2.40. The fraction of sp³-hybridized carbons (Fsp3) is 0.727. The molecule has 0 aromatic carbocycles. The Morgan fingerprint density at radius 2 is 1.84 bits per heavy atom. The Balaban J connectivity index is 4.20. The first-order chi connectivity index (χ1) is 9.03. The third-order valence-electron chi connectivity index (χ3n) is 2.32. The molecule has 0 aromatic heterocycles. The normalized spacial score (nSPS) is 10.1. The third kappa shape index (κ3) is 8.97. The highest BCUT2D eigenvalue weighted by Gasteiger charge is 2.14. The number of carbonyl (C=O) groups excluding carboxylic acids is 3. The van der Waals surface area contributed by atoms with Crippen LogP contribution in [0.2, 0.25) is 0 Å². The van der Waals surface area contributed by atoms with Gasteiger partial charge in [-0.2, -0.15) is 0 Å². The van der Waals surface area contributed by atoms with Crippen LogP contribution >= 0.6 is 0 Å². The van der Waals surface area contributed by atoms with Crippen molar-refractivity contribution in [2.45, 2.75) is 6.42 Å². The Morgan fingerprint density at radius 3 is 2.37 bits per heavy atom. The van der Waals surface area contributed by atoms with Gasteiger partial charge in [-0.1, -0.05) is 0 Å². The van der Waals surface area contributed by atoms with Crippen LogP contribution in [-0.4, -0.2) is 70.3 Å². The van der Waals surface area contributed by atoms with E-state index in [1.165, 1.54) is 14.2 Å². The number of carbonyl (C=O) groups is 3. The first kappa shape index (κ1) is 17.3. The van der Waals surface area contributed by atoms with E-state index in [0.29, 0.717) is 19.7 Å². The summed E-state index contributed by atoms with van der Waals surface area (Å²) in [4.78, 5) is 35.3. The highest BCUT2D eigenvalue weighted by molar-refractivity contribution is 5.95. The van der Waals surface area contributed by atoms with Gasteiger partial charge in [0.2, 0.25) is 5.91 Å².